The third-order valence-corrected chi connectivity index (χ3v) is 7.78. The maximum absolute atomic E-state index is 14.0. The molecular weight excluding hydrogens is 488 g/mol. The van der Waals surface area contributed by atoms with Gasteiger partial charge in [0.15, 0.2) is 0 Å². The minimum atomic E-state index is -0.506. The fraction of sp³-hybridized carbons (Fsp3) is 0.906. The fourth-order valence-electron chi connectivity index (χ4n) is 5.63. The molecule has 0 radical (unpaired) electrons. The molecule has 0 aliphatic heterocycles. The zero-order valence-electron chi connectivity index (χ0n) is 27.9. The lowest BCUT2D eigenvalue weighted by Gasteiger charge is -2.36. The number of rotatable bonds is 11. The predicted molar refractivity (Wildman–Crippen MR) is 165 cm³/mol. The molecule has 1 rings (SSSR count). The van der Waals surface area contributed by atoms with Crippen LogP contribution in [0.4, 0.5) is 0 Å². The van der Waals surface area contributed by atoms with Crippen LogP contribution in [0.3, 0.4) is 0 Å². The molecule has 39 heavy (non-hydrogen) atoms. The van der Waals surface area contributed by atoms with Gasteiger partial charge < -0.3 is 5.73 Å². The van der Waals surface area contributed by atoms with Crippen molar-refractivity contribution in [3.63, 3.8) is 0 Å². The van der Waals surface area contributed by atoms with Crippen molar-refractivity contribution < 1.29 is 0 Å². The summed E-state index contributed by atoms with van der Waals surface area (Å²) in [5.41, 5.74) is 4.60. The molecule has 3 unspecified atom stereocenters. The van der Waals surface area contributed by atoms with Crippen LogP contribution in [0.1, 0.15) is 116 Å². The molecule has 0 saturated carbocycles. The Morgan fingerprint density at radius 3 is 1.31 bits per heavy atom. The molecule has 0 bridgehead atoms. The van der Waals surface area contributed by atoms with Gasteiger partial charge in [-0.15, -0.1) is 0 Å². The second-order valence-electron chi connectivity index (χ2n) is 17.1. The maximum atomic E-state index is 14.0. The van der Waals surface area contributed by atoms with Crippen LogP contribution in [0.2, 0.25) is 0 Å². The standard InChI is InChI=1S/C32H62N4O3/c1-22(2)24(16-30(6,7)8)20-35-26(37)34(19-23(18-33)15-29(3,4)5)27(38)36(28(35)39)21-25(32(12,13)14)17-31(9,10)11/h22-25H,15-21,33H2,1-14H3. The Hall–Kier alpha value is -1.63. The molecule has 7 nitrogen and oxygen atoms in total. The minimum Gasteiger partial charge on any atom is -0.330 e. The average molecular weight is 551 g/mol. The first-order valence-corrected chi connectivity index (χ1v) is 15.0. The number of aromatic nitrogens is 3. The largest absolute Gasteiger partial charge is 0.336 e. The third-order valence-electron chi connectivity index (χ3n) is 7.78. The first-order valence-electron chi connectivity index (χ1n) is 15.0. The second kappa shape index (κ2) is 12.9. The van der Waals surface area contributed by atoms with E-state index in [4.69, 9.17) is 5.73 Å². The van der Waals surface area contributed by atoms with Gasteiger partial charge in [-0.2, -0.15) is 0 Å². The molecule has 228 valence electrons. The van der Waals surface area contributed by atoms with Crippen molar-refractivity contribution in [2.24, 2.45) is 51.1 Å². The maximum Gasteiger partial charge on any atom is 0.336 e. The summed E-state index contributed by atoms with van der Waals surface area (Å²) in [6.07, 6.45) is 2.51. The highest BCUT2D eigenvalue weighted by atomic mass is 16.2. The van der Waals surface area contributed by atoms with E-state index in [9.17, 15) is 14.4 Å². The molecule has 0 aliphatic carbocycles. The van der Waals surface area contributed by atoms with Crippen molar-refractivity contribution in [3.8, 4) is 0 Å². The Bertz CT molecular complexity index is 1100. The summed E-state index contributed by atoms with van der Waals surface area (Å²) in [4.78, 5) is 41.8. The van der Waals surface area contributed by atoms with Crippen LogP contribution in [0.5, 0.6) is 0 Å². The molecule has 1 aromatic rings. The van der Waals surface area contributed by atoms with Gasteiger partial charge in [0.1, 0.15) is 0 Å². The lowest BCUT2D eigenvalue weighted by Crippen LogP contribution is -2.57. The van der Waals surface area contributed by atoms with E-state index in [1.165, 1.54) is 13.7 Å². The van der Waals surface area contributed by atoms with Gasteiger partial charge in [0, 0.05) is 19.6 Å². The van der Waals surface area contributed by atoms with Gasteiger partial charge in [-0.05, 0) is 71.1 Å². The first-order chi connectivity index (χ1) is 17.4. The summed E-state index contributed by atoms with van der Waals surface area (Å²) in [6.45, 7) is 31.5. The fourth-order valence-corrected chi connectivity index (χ4v) is 5.63. The Balaban J connectivity index is 3.87. The smallest absolute Gasteiger partial charge is 0.330 e. The Morgan fingerprint density at radius 1 is 0.590 bits per heavy atom. The quantitative estimate of drug-likeness (QED) is 0.366. The van der Waals surface area contributed by atoms with Crippen molar-refractivity contribution in [1.82, 2.24) is 13.7 Å². The van der Waals surface area contributed by atoms with Crippen molar-refractivity contribution in [3.05, 3.63) is 31.5 Å². The van der Waals surface area contributed by atoms with E-state index in [0.717, 1.165) is 19.3 Å². The summed E-state index contributed by atoms with van der Waals surface area (Å²) in [7, 11) is 0. The van der Waals surface area contributed by atoms with Crippen LogP contribution >= 0.6 is 0 Å². The highest BCUT2D eigenvalue weighted by Gasteiger charge is 2.32. The van der Waals surface area contributed by atoms with Gasteiger partial charge in [-0.3, -0.25) is 0 Å². The SMILES string of the molecule is CC(C)C(Cn1c(=O)n(CC(CN)CC(C)(C)C)c(=O)n(CC(CC(C)(C)C)C(C)(C)C)c1=O)CC(C)(C)C. The molecular formula is C32H62N4O3. The molecule has 7 heteroatoms. The van der Waals surface area contributed by atoms with Crippen LogP contribution in [-0.4, -0.2) is 20.2 Å². The van der Waals surface area contributed by atoms with E-state index in [1.54, 1.807) is 0 Å². The average Bonchev–Trinajstić information content (AvgIpc) is 2.71. The molecule has 0 spiro atoms. The lowest BCUT2D eigenvalue weighted by molar-refractivity contribution is 0.138. The Kier molecular flexibility index (Phi) is 11.7. The third kappa shape index (κ3) is 11.4. The van der Waals surface area contributed by atoms with Gasteiger partial charge in [-0.25, -0.2) is 28.1 Å². The van der Waals surface area contributed by atoms with E-state index >= 15 is 0 Å². The molecule has 0 aliphatic rings. The van der Waals surface area contributed by atoms with Crippen LogP contribution in [0.15, 0.2) is 14.4 Å². The molecule has 2 N–H and O–H groups in total. The zero-order chi connectivity index (χ0) is 30.7. The summed E-state index contributed by atoms with van der Waals surface area (Å²) in [6, 6.07) is 0. The normalized spacial score (nSPS) is 16.0. The molecule has 1 heterocycles. The zero-order valence-corrected chi connectivity index (χ0v) is 27.9. The van der Waals surface area contributed by atoms with Crippen LogP contribution in [0, 0.1) is 45.3 Å². The molecule has 3 atom stereocenters. The Labute approximate surface area is 238 Å². The molecule has 0 amide bonds. The second-order valence-corrected chi connectivity index (χ2v) is 17.1. The van der Waals surface area contributed by atoms with E-state index < -0.39 is 17.1 Å². The minimum absolute atomic E-state index is 0.000593. The van der Waals surface area contributed by atoms with Crippen LogP contribution in [-0.2, 0) is 19.6 Å². The van der Waals surface area contributed by atoms with Crippen molar-refractivity contribution in [1.29, 1.82) is 0 Å². The summed E-state index contributed by atoms with van der Waals surface area (Å²) in [5, 5.41) is 0. The lowest BCUT2D eigenvalue weighted by atomic mass is 9.72. The number of nitrogens with zero attached hydrogens (tertiary/aromatic N) is 3. The number of hydrogen-bond acceptors (Lipinski definition) is 4. The van der Waals surface area contributed by atoms with Gasteiger partial charge in [0.25, 0.3) is 0 Å². The summed E-state index contributed by atoms with van der Waals surface area (Å²) < 4.78 is 4.00. The Morgan fingerprint density at radius 2 is 0.974 bits per heavy atom. The van der Waals surface area contributed by atoms with Crippen molar-refractivity contribution in [2.45, 2.75) is 136 Å². The van der Waals surface area contributed by atoms with Crippen LogP contribution < -0.4 is 22.8 Å². The van der Waals surface area contributed by atoms with Crippen LogP contribution in [0.25, 0.3) is 0 Å². The topological polar surface area (TPSA) is 92.0 Å². The first kappa shape index (κ1) is 35.4. The van der Waals surface area contributed by atoms with Gasteiger partial charge >= 0.3 is 17.1 Å². The van der Waals surface area contributed by atoms with E-state index in [-0.39, 0.29) is 58.4 Å². The van der Waals surface area contributed by atoms with E-state index in [1.807, 2.05) is 0 Å². The summed E-state index contributed by atoms with van der Waals surface area (Å²) >= 11 is 0. The molecule has 1 aromatic heterocycles. The summed E-state index contributed by atoms with van der Waals surface area (Å²) in [5.74, 6) is 0.448. The highest BCUT2D eigenvalue weighted by Crippen LogP contribution is 2.36. The van der Waals surface area contributed by atoms with Gasteiger partial charge in [0.05, 0.1) is 0 Å². The predicted octanol–water partition coefficient (Wildman–Crippen LogP) is 5.99. The molecule has 0 fully saturated rings. The van der Waals surface area contributed by atoms with Crippen molar-refractivity contribution >= 4 is 0 Å². The number of nitrogens with two attached hydrogens (primary N) is 1. The highest BCUT2D eigenvalue weighted by molar-refractivity contribution is 4.87. The molecule has 0 aromatic carbocycles. The van der Waals surface area contributed by atoms with E-state index in [0.29, 0.717) is 13.1 Å². The van der Waals surface area contributed by atoms with Gasteiger partial charge in [-0.1, -0.05) is 96.9 Å². The number of hydrogen-bond donors (Lipinski definition) is 1. The van der Waals surface area contributed by atoms with Crippen molar-refractivity contribution in [2.75, 3.05) is 6.54 Å². The molecule has 0 saturated heterocycles. The van der Waals surface area contributed by atoms with Gasteiger partial charge in [0.2, 0.25) is 0 Å². The van der Waals surface area contributed by atoms with E-state index in [2.05, 4.69) is 96.9 Å². The monoisotopic (exact) mass is 550 g/mol.